The highest BCUT2D eigenvalue weighted by atomic mass is 16.5. The predicted octanol–water partition coefficient (Wildman–Crippen LogP) is 1.35. The van der Waals surface area contributed by atoms with Crippen molar-refractivity contribution in [1.29, 1.82) is 0 Å². The van der Waals surface area contributed by atoms with Crippen molar-refractivity contribution in [2.75, 3.05) is 25.6 Å². The monoisotopic (exact) mass is 248 g/mol. The minimum Gasteiger partial charge on any atom is -0.497 e. The molecule has 0 saturated carbocycles. The molecule has 6 nitrogen and oxygen atoms in total. The Balaban J connectivity index is 2.15. The lowest BCUT2D eigenvalue weighted by molar-refractivity contribution is 0.415. The summed E-state index contributed by atoms with van der Waals surface area (Å²) in [5.41, 5.74) is 6.38. The highest BCUT2D eigenvalue weighted by molar-refractivity contribution is 5.56. The Morgan fingerprint density at radius 2 is 2.00 bits per heavy atom. The molecule has 0 atom stereocenters. The number of rotatable bonds is 5. The molecule has 2 N–H and O–H groups in total. The van der Waals surface area contributed by atoms with Gasteiger partial charge in [0, 0.05) is 25.7 Å². The van der Waals surface area contributed by atoms with E-state index in [4.69, 9.17) is 14.9 Å². The van der Waals surface area contributed by atoms with Gasteiger partial charge in [-0.05, 0) is 24.3 Å². The van der Waals surface area contributed by atoms with Gasteiger partial charge in [0.05, 0.1) is 7.11 Å². The molecule has 1 aromatic carbocycles. The molecule has 0 bridgehead atoms. The Morgan fingerprint density at radius 1 is 1.28 bits per heavy atom. The molecule has 0 fully saturated rings. The maximum Gasteiger partial charge on any atom is 0.322 e. The molecule has 18 heavy (non-hydrogen) atoms. The van der Waals surface area contributed by atoms with E-state index in [2.05, 4.69) is 10.2 Å². The van der Waals surface area contributed by atoms with Crippen molar-refractivity contribution in [2.45, 2.75) is 6.42 Å². The second kappa shape index (κ2) is 5.50. The summed E-state index contributed by atoms with van der Waals surface area (Å²) in [6.45, 7) is 0.494. The normalized spacial score (nSPS) is 10.4. The van der Waals surface area contributed by atoms with Gasteiger partial charge in [-0.1, -0.05) is 5.10 Å². The lowest BCUT2D eigenvalue weighted by atomic mass is 10.3. The van der Waals surface area contributed by atoms with Gasteiger partial charge in [0.15, 0.2) is 0 Å². The fourth-order valence-electron chi connectivity index (χ4n) is 1.52. The molecule has 2 rings (SSSR count). The fraction of sp³-hybridized carbons (Fsp3) is 0.333. The summed E-state index contributed by atoms with van der Waals surface area (Å²) in [6.07, 6.45) is 0.587. The van der Waals surface area contributed by atoms with Gasteiger partial charge in [0.1, 0.15) is 5.75 Å². The minimum atomic E-state index is 0.448. The first-order valence-electron chi connectivity index (χ1n) is 5.65. The van der Waals surface area contributed by atoms with Crippen LogP contribution in [0.25, 0.3) is 0 Å². The summed E-state index contributed by atoms with van der Waals surface area (Å²) >= 11 is 0. The Labute approximate surface area is 105 Å². The third-order valence-corrected chi connectivity index (χ3v) is 2.56. The zero-order chi connectivity index (χ0) is 13.0. The summed E-state index contributed by atoms with van der Waals surface area (Å²) in [5, 5.41) is 7.90. The van der Waals surface area contributed by atoms with E-state index in [-0.39, 0.29) is 0 Å². The Morgan fingerprint density at radius 3 is 2.61 bits per heavy atom. The molecule has 0 unspecified atom stereocenters. The molecule has 0 radical (unpaired) electrons. The second-order valence-electron chi connectivity index (χ2n) is 3.77. The quantitative estimate of drug-likeness (QED) is 0.860. The number of nitrogens with two attached hydrogens (primary N) is 1. The molecule has 0 aliphatic heterocycles. The van der Waals surface area contributed by atoms with E-state index in [0.29, 0.717) is 24.9 Å². The largest absolute Gasteiger partial charge is 0.497 e. The Hall–Kier alpha value is -2.08. The third-order valence-electron chi connectivity index (χ3n) is 2.56. The van der Waals surface area contributed by atoms with E-state index in [1.165, 1.54) is 0 Å². The van der Waals surface area contributed by atoms with Gasteiger partial charge in [-0.25, -0.2) is 0 Å². The smallest absolute Gasteiger partial charge is 0.322 e. The number of benzene rings is 1. The van der Waals surface area contributed by atoms with Crippen LogP contribution in [-0.4, -0.2) is 30.9 Å². The van der Waals surface area contributed by atoms with Crippen LogP contribution in [0.2, 0.25) is 0 Å². The molecule has 6 heteroatoms. The van der Waals surface area contributed by atoms with Crippen LogP contribution in [0.4, 0.5) is 11.7 Å². The molecule has 0 spiro atoms. The molecule has 0 aliphatic carbocycles. The Bertz CT molecular complexity index is 495. The summed E-state index contributed by atoms with van der Waals surface area (Å²) in [5.74, 6) is 1.36. The number of nitrogens with zero attached hydrogens (tertiary/aromatic N) is 3. The lowest BCUT2D eigenvalue weighted by Crippen LogP contribution is -2.09. The fourth-order valence-corrected chi connectivity index (χ4v) is 1.52. The van der Waals surface area contributed by atoms with E-state index < -0.39 is 0 Å². The van der Waals surface area contributed by atoms with Crippen LogP contribution in [-0.2, 0) is 6.42 Å². The van der Waals surface area contributed by atoms with Crippen molar-refractivity contribution in [3.8, 4) is 5.75 Å². The number of ether oxygens (including phenoxy) is 1. The summed E-state index contributed by atoms with van der Waals surface area (Å²) in [7, 11) is 3.50. The first kappa shape index (κ1) is 12.4. The maximum absolute atomic E-state index is 5.49. The highest BCUT2D eigenvalue weighted by Crippen LogP contribution is 2.24. The van der Waals surface area contributed by atoms with E-state index in [0.717, 1.165) is 11.4 Å². The van der Waals surface area contributed by atoms with Crippen LogP contribution in [0.5, 0.6) is 5.75 Å². The molecule has 0 saturated heterocycles. The van der Waals surface area contributed by atoms with Crippen molar-refractivity contribution in [1.82, 2.24) is 10.2 Å². The summed E-state index contributed by atoms with van der Waals surface area (Å²) in [4.78, 5) is 1.81. The van der Waals surface area contributed by atoms with Crippen LogP contribution in [0.3, 0.4) is 0 Å². The van der Waals surface area contributed by atoms with Crippen LogP contribution in [0.1, 0.15) is 5.89 Å². The molecule has 2 aromatic rings. The number of aromatic nitrogens is 2. The average Bonchev–Trinajstić information content (AvgIpc) is 2.87. The van der Waals surface area contributed by atoms with Crippen LogP contribution in [0, 0.1) is 0 Å². The topological polar surface area (TPSA) is 77.4 Å². The maximum atomic E-state index is 5.49. The van der Waals surface area contributed by atoms with Crippen LogP contribution >= 0.6 is 0 Å². The SMILES string of the molecule is COc1ccc(N(C)c2nnc(CCN)o2)cc1. The third kappa shape index (κ3) is 2.60. The van der Waals surface area contributed by atoms with Crippen molar-refractivity contribution >= 4 is 11.7 Å². The molecule has 1 aromatic heterocycles. The van der Waals surface area contributed by atoms with Gasteiger partial charge in [-0.15, -0.1) is 5.10 Å². The molecule has 1 heterocycles. The number of anilines is 2. The zero-order valence-corrected chi connectivity index (χ0v) is 10.5. The van der Waals surface area contributed by atoms with Crippen LogP contribution < -0.4 is 15.4 Å². The molecule has 0 amide bonds. The molecule has 0 aliphatic rings. The summed E-state index contributed by atoms with van der Waals surface area (Å²) < 4.78 is 10.6. The average molecular weight is 248 g/mol. The van der Waals surface area contributed by atoms with E-state index in [1.807, 2.05) is 36.2 Å². The van der Waals surface area contributed by atoms with Crippen molar-refractivity contribution in [3.63, 3.8) is 0 Å². The van der Waals surface area contributed by atoms with Crippen LogP contribution in [0.15, 0.2) is 28.7 Å². The van der Waals surface area contributed by atoms with E-state index >= 15 is 0 Å². The predicted molar refractivity (Wildman–Crippen MR) is 68.1 cm³/mol. The Kier molecular flexibility index (Phi) is 3.78. The highest BCUT2D eigenvalue weighted by Gasteiger charge is 2.11. The number of methoxy groups -OCH3 is 1. The van der Waals surface area contributed by atoms with Gasteiger partial charge in [-0.3, -0.25) is 4.90 Å². The second-order valence-corrected chi connectivity index (χ2v) is 3.77. The van der Waals surface area contributed by atoms with Gasteiger partial charge >= 0.3 is 6.01 Å². The number of hydrogen-bond donors (Lipinski definition) is 1. The zero-order valence-electron chi connectivity index (χ0n) is 10.5. The molecule has 96 valence electrons. The van der Waals surface area contributed by atoms with Gasteiger partial charge in [-0.2, -0.15) is 0 Å². The first-order chi connectivity index (χ1) is 8.74. The van der Waals surface area contributed by atoms with Gasteiger partial charge in [0.2, 0.25) is 5.89 Å². The lowest BCUT2D eigenvalue weighted by Gasteiger charge is -2.14. The van der Waals surface area contributed by atoms with Crippen molar-refractivity contribution in [3.05, 3.63) is 30.2 Å². The number of hydrogen-bond acceptors (Lipinski definition) is 6. The van der Waals surface area contributed by atoms with Gasteiger partial charge in [0.25, 0.3) is 0 Å². The van der Waals surface area contributed by atoms with Gasteiger partial charge < -0.3 is 14.9 Å². The molecular weight excluding hydrogens is 232 g/mol. The standard InChI is InChI=1S/C12H16N4O2/c1-16(9-3-5-10(17-2)6-4-9)12-15-14-11(18-12)7-8-13/h3-6H,7-8,13H2,1-2H3. The summed E-state index contributed by atoms with van der Waals surface area (Å²) in [6, 6.07) is 8.05. The van der Waals surface area contributed by atoms with E-state index in [9.17, 15) is 0 Å². The van der Waals surface area contributed by atoms with E-state index in [1.54, 1.807) is 7.11 Å². The minimum absolute atomic E-state index is 0.448. The first-order valence-corrected chi connectivity index (χ1v) is 5.65. The molecular formula is C12H16N4O2. The van der Waals surface area contributed by atoms with Crippen molar-refractivity contribution in [2.24, 2.45) is 5.73 Å². The van der Waals surface area contributed by atoms with Crippen molar-refractivity contribution < 1.29 is 9.15 Å².